The molecule has 0 fully saturated rings. The normalized spacial score (nSPS) is 13.1. The van der Waals surface area contributed by atoms with Crippen molar-refractivity contribution in [2.75, 3.05) is 6.79 Å². The molecule has 4 heteroatoms. The lowest BCUT2D eigenvalue weighted by Gasteiger charge is -2.04. The highest BCUT2D eigenvalue weighted by Gasteiger charge is 2.20. The Bertz CT molecular complexity index is 374. The lowest BCUT2D eigenvalue weighted by Crippen LogP contribution is -1.93. The molecule has 0 unspecified atom stereocenters. The fourth-order valence-corrected chi connectivity index (χ4v) is 1.77. The molecule has 0 bridgehead atoms. The Kier molecular flexibility index (Phi) is 2.00. The Labute approximate surface area is 83.8 Å². The molecule has 1 aromatic carbocycles. The first-order valence-corrected chi connectivity index (χ1v) is 4.57. The van der Waals surface area contributed by atoms with Crippen molar-refractivity contribution in [3.8, 4) is 11.5 Å². The van der Waals surface area contributed by atoms with Crippen LogP contribution in [-0.4, -0.2) is 13.1 Å². The van der Waals surface area contributed by atoms with Crippen LogP contribution in [0.3, 0.4) is 0 Å². The summed E-state index contributed by atoms with van der Waals surface area (Å²) in [5.41, 5.74) is 1.50. The summed E-state index contributed by atoms with van der Waals surface area (Å²) < 4.78 is 11.2. The maximum Gasteiger partial charge on any atom is 0.231 e. The topological polar surface area (TPSA) is 35.5 Å². The van der Waals surface area contributed by atoms with Crippen molar-refractivity contribution in [3.63, 3.8) is 0 Å². The number of rotatable bonds is 1. The van der Waals surface area contributed by atoms with E-state index in [2.05, 4.69) is 15.9 Å². The zero-order valence-electron chi connectivity index (χ0n) is 6.96. The zero-order chi connectivity index (χ0) is 9.42. The average Bonchev–Trinajstić information content (AvgIpc) is 2.59. The third-order valence-electron chi connectivity index (χ3n) is 2.02. The van der Waals surface area contributed by atoms with Crippen LogP contribution in [0.15, 0.2) is 10.5 Å². The Morgan fingerprint density at radius 2 is 2.31 bits per heavy atom. The number of benzene rings is 1. The smallest absolute Gasteiger partial charge is 0.231 e. The molecule has 1 aliphatic heterocycles. The van der Waals surface area contributed by atoms with E-state index in [9.17, 15) is 4.79 Å². The predicted molar refractivity (Wildman–Crippen MR) is 50.4 cm³/mol. The summed E-state index contributed by atoms with van der Waals surface area (Å²) >= 11 is 3.36. The Balaban J connectivity index is 2.68. The number of carbonyl (C=O) groups excluding carboxylic acids is 1. The molecule has 1 aliphatic rings. The lowest BCUT2D eigenvalue weighted by molar-refractivity contribution is 0.112. The lowest BCUT2D eigenvalue weighted by atomic mass is 10.1. The van der Waals surface area contributed by atoms with Crippen molar-refractivity contribution >= 4 is 22.2 Å². The minimum absolute atomic E-state index is 0.218. The molecule has 68 valence electrons. The summed E-state index contributed by atoms with van der Waals surface area (Å²) in [6, 6.07) is 1.69. The Morgan fingerprint density at radius 3 is 3.00 bits per heavy atom. The van der Waals surface area contributed by atoms with Crippen LogP contribution in [0.5, 0.6) is 11.5 Å². The molecule has 0 N–H and O–H groups in total. The third kappa shape index (κ3) is 1.21. The minimum Gasteiger partial charge on any atom is -0.454 e. The second kappa shape index (κ2) is 3.03. The molecule has 0 amide bonds. The molecular weight excluding hydrogens is 236 g/mol. The van der Waals surface area contributed by atoms with Crippen molar-refractivity contribution < 1.29 is 14.3 Å². The van der Waals surface area contributed by atoms with Crippen LogP contribution >= 0.6 is 15.9 Å². The van der Waals surface area contributed by atoms with E-state index in [4.69, 9.17) is 9.47 Å². The van der Waals surface area contributed by atoms with Crippen LogP contribution in [0, 0.1) is 6.92 Å². The van der Waals surface area contributed by atoms with Crippen LogP contribution in [0.4, 0.5) is 0 Å². The van der Waals surface area contributed by atoms with Gasteiger partial charge >= 0.3 is 0 Å². The van der Waals surface area contributed by atoms with E-state index in [0.29, 0.717) is 17.1 Å². The summed E-state index contributed by atoms with van der Waals surface area (Å²) in [5, 5.41) is 0. The molecule has 2 rings (SSSR count). The number of carbonyl (C=O) groups is 1. The predicted octanol–water partition coefficient (Wildman–Crippen LogP) is 2.30. The maximum absolute atomic E-state index is 10.7. The highest BCUT2D eigenvalue weighted by atomic mass is 79.9. The highest BCUT2D eigenvalue weighted by Crippen LogP contribution is 2.42. The van der Waals surface area contributed by atoms with Crippen LogP contribution < -0.4 is 9.47 Å². The number of fused-ring (bicyclic) bond motifs is 1. The summed E-state index contributed by atoms with van der Waals surface area (Å²) in [7, 11) is 0. The molecule has 13 heavy (non-hydrogen) atoms. The summed E-state index contributed by atoms with van der Waals surface area (Å²) in [5.74, 6) is 1.31. The summed E-state index contributed by atoms with van der Waals surface area (Å²) in [6.07, 6.45) is 0.808. The van der Waals surface area contributed by atoms with E-state index < -0.39 is 0 Å². The number of hydrogen-bond donors (Lipinski definition) is 0. The van der Waals surface area contributed by atoms with Gasteiger partial charge in [-0.15, -0.1) is 0 Å². The van der Waals surface area contributed by atoms with Crippen molar-refractivity contribution in [2.24, 2.45) is 0 Å². The monoisotopic (exact) mass is 242 g/mol. The van der Waals surface area contributed by atoms with Gasteiger partial charge in [-0.25, -0.2) is 0 Å². The summed E-state index contributed by atoms with van der Waals surface area (Å²) in [6.45, 7) is 2.07. The van der Waals surface area contributed by atoms with Crippen LogP contribution in [0.1, 0.15) is 15.9 Å². The Hall–Kier alpha value is -1.03. The van der Waals surface area contributed by atoms with Crippen LogP contribution in [0.2, 0.25) is 0 Å². The molecule has 1 heterocycles. The average molecular weight is 243 g/mol. The van der Waals surface area contributed by atoms with Gasteiger partial charge in [0.25, 0.3) is 0 Å². The van der Waals surface area contributed by atoms with Gasteiger partial charge in [0.05, 0.1) is 4.47 Å². The van der Waals surface area contributed by atoms with E-state index in [1.807, 2.05) is 6.92 Å². The Morgan fingerprint density at radius 1 is 1.54 bits per heavy atom. The van der Waals surface area contributed by atoms with E-state index in [1.165, 1.54) is 0 Å². The van der Waals surface area contributed by atoms with Gasteiger partial charge in [-0.3, -0.25) is 4.79 Å². The van der Waals surface area contributed by atoms with E-state index >= 15 is 0 Å². The largest absolute Gasteiger partial charge is 0.454 e. The van der Waals surface area contributed by atoms with Crippen molar-refractivity contribution in [1.29, 1.82) is 0 Å². The third-order valence-corrected chi connectivity index (χ3v) is 2.97. The first-order valence-electron chi connectivity index (χ1n) is 3.78. The van der Waals surface area contributed by atoms with Gasteiger partial charge in [0.1, 0.15) is 6.29 Å². The molecule has 1 aromatic rings. The van der Waals surface area contributed by atoms with Gasteiger partial charge < -0.3 is 9.47 Å². The van der Waals surface area contributed by atoms with Gasteiger partial charge in [0.2, 0.25) is 6.79 Å². The molecule has 0 spiro atoms. The molecule has 0 aliphatic carbocycles. The van der Waals surface area contributed by atoms with Crippen LogP contribution in [-0.2, 0) is 0 Å². The number of ether oxygens (including phenoxy) is 2. The number of aldehydes is 1. The molecule has 0 aromatic heterocycles. The highest BCUT2D eigenvalue weighted by molar-refractivity contribution is 9.10. The fourth-order valence-electron chi connectivity index (χ4n) is 1.24. The van der Waals surface area contributed by atoms with Crippen molar-refractivity contribution in [2.45, 2.75) is 6.92 Å². The van der Waals surface area contributed by atoms with Crippen molar-refractivity contribution in [1.82, 2.24) is 0 Å². The fraction of sp³-hybridized carbons (Fsp3) is 0.222. The zero-order valence-corrected chi connectivity index (χ0v) is 8.55. The number of halogens is 1. The standard InChI is InChI=1S/C9H7BrO3/c1-5-6(3-11)2-7-9(8(5)10)13-4-12-7/h2-3H,4H2,1H3. The molecule has 0 saturated carbocycles. The molecule has 0 atom stereocenters. The van der Waals surface area contributed by atoms with E-state index in [1.54, 1.807) is 6.07 Å². The summed E-state index contributed by atoms with van der Waals surface area (Å²) in [4.78, 5) is 10.7. The minimum atomic E-state index is 0.218. The quantitative estimate of drug-likeness (QED) is 0.710. The van der Waals surface area contributed by atoms with E-state index in [-0.39, 0.29) is 6.79 Å². The maximum atomic E-state index is 10.7. The van der Waals surface area contributed by atoms with Crippen LogP contribution in [0.25, 0.3) is 0 Å². The second-order valence-electron chi connectivity index (χ2n) is 2.76. The molecule has 0 radical (unpaired) electrons. The van der Waals surface area contributed by atoms with E-state index in [0.717, 1.165) is 16.3 Å². The van der Waals surface area contributed by atoms with Gasteiger partial charge in [0.15, 0.2) is 11.5 Å². The van der Waals surface area contributed by atoms with Gasteiger partial charge in [-0.1, -0.05) is 0 Å². The van der Waals surface area contributed by atoms with Gasteiger partial charge in [-0.05, 0) is 34.5 Å². The van der Waals surface area contributed by atoms with Crippen molar-refractivity contribution in [3.05, 3.63) is 21.7 Å². The first-order chi connectivity index (χ1) is 6.24. The molecule has 0 saturated heterocycles. The first kappa shape index (κ1) is 8.56. The second-order valence-corrected chi connectivity index (χ2v) is 3.55. The number of hydrogen-bond acceptors (Lipinski definition) is 3. The SMILES string of the molecule is Cc1c(C=O)cc2c(c1Br)OCO2. The molecular formula is C9H7BrO3. The molecule has 3 nitrogen and oxygen atoms in total. The van der Waals surface area contributed by atoms with Gasteiger partial charge in [-0.2, -0.15) is 0 Å². The van der Waals surface area contributed by atoms with Gasteiger partial charge in [0, 0.05) is 5.56 Å².